The molecule has 0 radical (unpaired) electrons. The highest BCUT2D eigenvalue weighted by molar-refractivity contribution is 5.99. The molecule has 2 aromatic carbocycles. The maximum Gasteiger partial charge on any atom is 0.0712 e. The predicted octanol–water partition coefficient (Wildman–Crippen LogP) is 7.15. The summed E-state index contributed by atoms with van der Waals surface area (Å²) in [7, 11) is 0. The first kappa shape index (κ1) is 17.0. The summed E-state index contributed by atoms with van der Waals surface area (Å²) in [5.74, 6) is 0.614. The van der Waals surface area contributed by atoms with Crippen molar-refractivity contribution < 1.29 is 0 Å². The summed E-state index contributed by atoms with van der Waals surface area (Å²) in [6, 6.07) is 17.5. The molecule has 0 saturated heterocycles. The first-order valence-corrected chi connectivity index (χ1v) is 9.61. The van der Waals surface area contributed by atoms with Crippen LogP contribution in [-0.2, 0) is 0 Å². The quantitative estimate of drug-likeness (QED) is 0.493. The largest absolute Gasteiger partial charge is 0.252 e. The van der Waals surface area contributed by atoms with Gasteiger partial charge >= 0.3 is 0 Å². The van der Waals surface area contributed by atoms with Gasteiger partial charge in [0, 0.05) is 22.4 Å². The molecule has 0 bridgehead atoms. The normalized spacial score (nSPS) is 15.1. The molecule has 0 amide bonds. The fourth-order valence-electron chi connectivity index (χ4n) is 3.45. The molecule has 0 N–H and O–H groups in total. The van der Waals surface area contributed by atoms with Gasteiger partial charge in [-0.3, -0.25) is 4.98 Å². The molecule has 1 aliphatic carbocycles. The summed E-state index contributed by atoms with van der Waals surface area (Å²) < 4.78 is 0. The van der Waals surface area contributed by atoms with Crippen LogP contribution in [0.25, 0.3) is 28.1 Å². The van der Waals surface area contributed by atoms with Crippen LogP contribution in [0.5, 0.6) is 0 Å². The number of rotatable bonds is 3. The summed E-state index contributed by atoms with van der Waals surface area (Å²) in [6.45, 7) is 8.89. The van der Waals surface area contributed by atoms with Gasteiger partial charge in [0.1, 0.15) is 0 Å². The van der Waals surface area contributed by atoms with Crippen LogP contribution in [-0.4, -0.2) is 4.98 Å². The highest BCUT2D eigenvalue weighted by Crippen LogP contribution is 2.45. The minimum absolute atomic E-state index is 0.150. The van der Waals surface area contributed by atoms with Gasteiger partial charge in [0.2, 0.25) is 0 Å². The minimum atomic E-state index is 0.150. The van der Waals surface area contributed by atoms with Gasteiger partial charge in [0.15, 0.2) is 0 Å². The molecule has 1 heterocycles. The van der Waals surface area contributed by atoms with Crippen LogP contribution in [0, 0.1) is 12.3 Å². The molecule has 1 fully saturated rings. The van der Waals surface area contributed by atoms with Crippen molar-refractivity contribution in [3.8, 4) is 11.1 Å². The molecule has 1 heteroatoms. The Balaban J connectivity index is 2.04. The van der Waals surface area contributed by atoms with Gasteiger partial charge in [-0.2, -0.15) is 0 Å². The minimum Gasteiger partial charge on any atom is -0.252 e. The second-order valence-corrected chi connectivity index (χ2v) is 8.64. The van der Waals surface area contributed by atoms with Gasteiger partial charge in [0.25, 0.3) is 0 Å². The standard InChI is InChI=1S/C25H27N/c1-17-9-11-18(12-10-17)23-20-7-5-6-8-22(20)26-24(19-13-14-19)21(23)15-16-25(2,3)4/h5-12,15-16,19H,13-14H2,1-4H3. The fraction of sp³-hybridized carbons (Fsp3) is 0.320. The molecule has 1 aromatic heterocycles. The molecule has 4 rings (SSSR count). The number of para-hydroxylation sites is 1. The highest BCUT2D eigenvalue weighted by atomic mass is 14.7. The van der Waals surface area contributed by atoms with E-state index in [9.17, 15) is 0 Å². The van der Waals surface area contributed by atoms with Gasteiger partial charge in [-0.1, -0.05) is 81.0 Å². The molecule has 1 nitrogen and oxygen atoms in total. The van der Waals surface area contributed by atoms with E-state index in [1.807, 2.05) is 0 Å². The smallest absolute Gasteiger partial charge is 0.0712 e. The Kier molecular flexibility index (Phi) is 4.19. The Morgan fingerprint density at radius 3 is 2.31 bits per heavy atom. The van der Waals surface area contributed by atoms with E-state index in [-0.39, 0.29) is 5.41 Å². The van der Waals surface area contributed by atoms with E-state index in [0.717, 1.165) is 5.52 Å². The summed E-state index contributed by atoms with van der Waals surface area (Å²) in [5.41, 5.74) is 7.75. The Bertz CT molecular complexity index is 967. The van der Waals surface area contributed by atoms with E-state index in [4.69, 9.17) is 4.98 Å². The van der Waals surface area contributed by atoms with Crippen molar-refractivity contribution in [1.82, 2.24) is 4.98 Å². The van der Waals surface area contributed by atoms with E-state index < -0.39 is 0 Å². The van der Waals surface area contributed by atoms with Crippen LogP contribution in [0.4, 0.5) is 0 Å². The molecule has 0 spiro atoms. The van der Waals surface area contributed by atoms with Gasteiger partial charge in [-0.15, -0.1) is 0 Å². The number of hydrogen-bond donors (Lipinski definition) is 0. The first-order chi connectivity index (χ1) is 12.4. The Labute approximate surface area is 156 Å². The summed E-state index contributed by atoms with van der Waals surface area (Å²) in [5, 5.41) is 1.24. The topological polar surface area (TPSA) is 12.9 Å². The highest BCUT2D eigenvalue weighted by Gasteiger charge is 2.29. The molecule has 0 atom stereocenters. The van der Waals surface area contributed by atoms with Gasteiger partial charge in [0.05, 0.1) is 11.2 Å². The van der Waals surface area contributed by atoms with Crippen LogP contribution < -0.4 is 0 Å². The Hall–Kier alpha value is -2.41. The third kappa shape index (κ3) is 3.44. The van der Waals surface area contributed by atoms with E-state index in [1.54, 1.807) is 0 Å². The molecule has 1 saturated carbocycles. The third-order valence-electron chi connectivity index (χ3n) is 5.01. The van der Waals surface area contributed by atoms with Crippen molar-refractivity contribution in [2.75, 3.05) is 0 Å². The van der Waals surface area contributed by atoms with Crippen molar-refractivity contribution in [1.29, 1.82) is 0 Å². The summed E-state index contributed by atoms with van der Waals surface area (Å²) in [4.78, 5) is 5.09. The average molecular weight is 341 g/mol. The third-order valence-corrected chi connectivity index (χ3v) is 5.01. The van der Waals surface area contributed by atoms with Crippen molar-refractivity contribution in [3.63, 3.8) is 0 Å². The molecule has 26 heavy (non-hydrogen) atoms. The van der Waals surface area contributed by atoms with Crippen LogP contribution in [0.1, 0.15) is 56.4 Å². The summed E-state index contributed by atoms with van der Waals surface area (Å²) in [6.07, 6.45) is 7.16. The van der Waals surface area contributed by atoms with Crippen molar-refractivity contribution in [2.24, 2.45) is 5.41 Å². The Morgan fingerprint density at radius 2 is 1.65 bits per heavy atom. The second-order valence-electron chi connectivity index (χ2n) is 8.64. The predicted molar refractivity (Wildman–Crippen MR) is 112 cm³/mol. The molecular weight excluding hydrogens is 314 g/mol. The van der Waals surface area contributed by atoms with Gasteiger partial charge < -0.3 is 0 Å². The lowest BCUT2D eigenvalue weighted by molar-refractivity contribution is 0.547. The molecule has 132 valence electrons. The van der Waals surface area contributed by atoms with E-state index in [1.165, 1.54) is 46.2 Å². The number of benzene rings is 2. The van der Waals surface area contributed by atoms with Crippen molar-refractivity contribution >= 4 is 17.0 Å². The zero-order valence-corrected chi connectivity index (χ0v) is 16.2. The fourth-order valence-corrected chi connectivity index (χ4v) is 3.45. The molecular formula is C25H27N. The molecule has 0 aliphatic heterocycles. The van der Waals surface area contributed by atoms with Crippen molar-refractivity contribution in [2.45, 2.75) is 46.5 Å². The van der Waals surface area contributed by atoms with E-state index in [2.05, 4.69) is 88.4 Å². The van der Waals surface area contributed by atoms with E-state index in [0.29, 0.717) is 5.92 Å². The molecule has 1 aliphatic rings. The maximum atomic E-state index is 5.09. The lowest BCUT2D eigenvalue weighted by Crippen LogP contribution is -2.01. The number of aromatic nitrogens is 1. The first-order valence-electron chi connectivity index (χ1n) is 9.61. The summed E-state index contributed by atoms with van der Waals surface area (Å²) >= 11 is 0. The number of fused-ring (bicyclic) bond motifs is 1. The molecule has 0 unspecified atom stereocenters. The number of pyridine rings is 1. The van der Waals surface area contributed by atoms with E-state index >= 15 is 0 Å². The zero-order chi connectivity index (χ0) is 18.3. The van der Waals surface area contributed by atoms with Crippen LogP contribution in [0.2, 0.25) is 0 Å². The zero-order valence-electron chi connectivity index (χ0n) is 16.2. The van der Waals surface area contributed by atoms with Crippen LogP contribution in [0.15, 0.2) is 54.6 Å². The lowest BCUT2D eigenvalue weighted by Gasteiger charge is -2.17. The van der Waals surface area contributed by atoms with Crippen LogP contribution >= 0.6 is 0 Å². The number of allylic oxidation sites excluding steroid dienone is 1. The molecule has 3 aromatic rings. The van der Waals surface area contributed by atoms with Crippen molar-refractivity contribution in [3.05, 3.63) is 71.4 Å². The average Bonchev–Trinajstić information content (AvgIpc) is 3.44. The lowest BCUT2D eigenvalue weighted by atomic mass is 9.89. The maximum absolute atomic E-state index is 5.09. The number of nitrogens with zero attached hydrogens (tertiary/aromatic N) is 1. The van der Waals surface area contributed by atoms with Gasteiger partial charge in [-0.25, -0.2) is 0 Å². The number of hydrogen-bond acceptors (Lipinski definition) is 1. The number of aryl methyl sites for hydroxylation is 1. The monoisotopic (exact) mass is 341 g/mol. The van der Waals surface area contributed by atoms with Crippen LogP contribution in [0.3, 0.4) is 0 Å². The Morgan fingerprint density at radius 1 is 0.962 bits per heavy atom. The van der Waals surface area contributed by atoms with Gasteiger partial charge in [-0.05, 0) is 36.8 Å². The SMILES string of the molecule is Cc1ccc(-c2c(C=CC(C)(C)C)c(C3CC3)nc3ccccc23)cc1. The second kappa shape index (κ2) is 6.39.